The van der Waals surface area contributed by atoms with E-state index in [4.69, 9.17) is 9.47 Å². The van der Waals surface area contributed by atoms with Gasteiger partial charge in [0.15, 0.2) is 0 Å². The number of carbonyl (C=O) groups is 3. The fourth-order valence-corrected chi connectivity index (χ4v) is 5.58. The number of nitrogens with one attached hydrogen (secondary N) is 1. The van der Waals surface area contributed by atoms with E-state index in [1.165, 1.54) is 0 Å². The van der Waals surface area contributed by atoms with E-state index in [-0.39, 0.29) is 30.2 Å². The Morgan fingerprint density at radius 3 is 2.30 bits per heavy atom. The topological polar surface area (TPSA) is 86.6 Å². The molecular weight excluding hydrogens is 552 g/mol. The number of amides is 1. The summed E-state index contributed by atoms with van der Waals surface area (Å²) in [4.78, 5) is 39.6. The van der Waals surface area contributed by atoms with E-state index in [0.717, 1.165) is 27.5 Å². The zero-order valence-corrected chi connectivity index (χ0v) is 24.4. The maximum Gasteiger partial charge on any atom is 0.345 e. The first-order chi connectivity index (χ1) is 21.4. The molecule has 6 rings (SSSR count). The lowest BCUT2D eigenvalue weighted by Crippen LogP contribution is -2.18. The van der Waals surface area contributed by atoms with Gasteiger partial charge in [-0.3, -0.25) is 4.79 Å². The van der Waals surface area contributed by atoms with Crippen LogP contribution >= 0.6 is 0 Å². The SMILES string of the molecule is CCOC(=O)c1c(C)n(-c2ccccc2)c2ccc(OC(=O)c3ccccc3NC(=O)Cc3cccc4ccccc34)cc12. The molecular formula is C37H30N2O5. The number of para-hydroxylation sites is 2. The summed E-state index contributed by atoms with van der Waals surface area (Å²) in [6.07, 6.45) is 0.149. The average molecular weight is 583 g/mol. The van der Waals surface area contributed by atoms with Gasteiger partial charge < -0.3 is 19.4 Å². The van der Waals surface area contributed by atoms with E-state index in [1.54, 1.807) is 43.3 Å². The van der Waals surface area contributed by atoms with Gasteiger partial charge in [0.1, 0.15) is 5.75 Å². The predicted molar refractivity (Wildman–Crippen MR) is 172 cm³/mol. The molecule has 218 valence electrons. The van der Waals surface area contributed by atoms with Crippen molar-refractivity contribution in [3.8, 4) is 11.4 Å². The van der Waals surface area contributed by atoms with Gasteiger partial charge in [-0.2, -0.15) is 0 Å². The summed E-state index contributed by atoms with van der Waals surface area (Å²) in [5.74, 6) is -1.08. The van der Waals surface area contributed by atoms with Gasteiger partial charge in [-0.05, 0) is 72.6 Å². The summed E-state index contributed by atoms with van der Waals surface area (Å²) >= 11 is 0. The Balaban J connectivity index is 1.28. The van der Waals surface area contributed by atoms with Crippen LogP contribution in [-0.4, -0.2) is 29.0 Å². The number of ether oxygens (including phenoxy) is 2. The van der Waals surface area contributed by atoms with Crippen LogP contribution in [0.4, 0.5) is 5.69 Å². The third-order valence-corrected chi connectivity index (χ3v) is 7.53. The lowest BCUT2D eigenvalue weighted by Gasteiger charge is -2.12. The van der Waals surface area contributed by atoms with Crippen molar-refractivity contribution in [3.63, 3.8) is 0 Å². The molecule has 0 saturated carbocycles. The van der Waals surface area contributed by atoms with E-state index in [2.05, 4.69) is 5.32 Å². The van der Waals surface area contributed by atoms with Gasteiger partial charge in [-0.25, -0.2) is 9.59 Å². The molecule has 0 aliphatic heterocycles. The highest BCUT2D eigenvalue weighted by Crippen LogP contribution is 2.33. The van der Waals surface area contributed by atoms with E-state index in [9.17, 15) is 14.4 Å². The minimum Gasteiger partial charge on any atom is -0.462 e. The van der Waals surface area contributed by atoms with Gasteiger partial charge >= 0.3 is 11.9 Å². The number of hydrogen-bond donors (Lipinski definition) is 1. The monoisotopic (exact) mass is 582 g/mol. The summed E-state index contributed by atoms with van der Waals surface area (Å²) in [5.41, 5.74) is 4.24. The molecule has 1 heterocycles. The second kappa shape index (κ2) is 12.3. The number of rotatable bonds is 8. The average Bonchev–Trinajstić information content (AvgIpc) is 3.33. The summed E-state index contributed by atoms with van der Waals surface area (Å²) in [7, 11) is 0. The van der Waals surface area contributed by atoms with Crippen molar-refractivity contribution in [2.75, 3.05) is 11.9 Å². The number of anilines is 1. The normalized spacial score (nSPS) is 11.0. The van der Waals surface area contributed by atoms with Gasteiger partial charge in [0.05, 0.1) is 35.4 Å². The number of esters is 2. The molecule has 7 nitrogen and oxygen atoms in total. The van der Waals surface area contributed by atoms with Crippen LogP contribution in [0.25, 0.3) is 27.4 Å². The Bertz CT molecular complexity index is 2020. The maximum absolute atomic E-state index is 13.4. The zero-order chi connectivity index (χ0) is 30.6. The predicted octanol–water partition coefficient (Wildman–Crippen LogP) is 7.67. The first-order valence-electron chi connectivity index (χ1n) is 14.4. The van der Waals surface area contributed by atoms with Crippen LogP contribution in [-0.2, 0) is 16.0 Å². The van der Waals surface area contributed by atoms with Crippen molar-refractivity contribution in [2.45, 2.75) is 20.3 Å². The quantitative estimate of drug-likeness (QED) is 0.147. The zero-order valence-electron chi connectivity index (χ0n) is 24.4. The number of benzene rings is 5. The van der Waals surface area contributed by atoms with Gasteiger partial charge in [0, 0.05) is 16.8 Å². The minimum atomic E-state index is -0.637. The first kappa shape index (κ1) is 28.4. The fourth-order valence-electron chi connectivity index (χ4n) is 5.58. The highest BCUT2D eigenvalue weighted by molar-refractivity contribution is 6.07. The van der Waals surface area contributed by atoms with Crippen LogP contribution in [0.1, 0.15) is 38.9 Å². The second-order valence-corrected chi connectivity index (χ2v) is 10.3. The van der Waals surface area contributed by atoms with Crippen molar-refractivity contribution in [1.82, 2.24) is 4.57 Å². The van der Waals surface area contributed by atoms with Crippen LogP contribution in [0.5, 0.6) is 5.75 Å². The molecule has 1 N–H and O–H groups in total. The highest BCUT2D eigenvalue weighted by atomic mass is 16.5. The summed E-state index contributed by atoms with van der Waals surface area (Å²) in [5, 5.41) is 5.55. The molecule has 0 aliphatic carbocycles. The van der Waals surface area contributed by atoms with Gasteiger partial charge in [0.2, 0.25) is 5.91 Å². The smallest absolute Gasteiger partial charge is 0.345 e. The van der Waals surface area contributed by atoms with Crippen LogP contribution in [0.2, 0.25) is 0 Å². The molecule has 0 fully saturated rings. The molecule has 7 heteroatoms. The standard InChI is InChI=1S/C37H30N2O5/c1-3-43-37(42)35-24(2)39(27-15-5-4-6-16-27)33-21-20-28(23-31(33)35)44-36(41)30-18-9-10-19-32(30)38-34(40)22-26-14-11-13-25-12-7-8-17-29(25)26/h4-21,23H,3,22H2,1-2H3,(H,38,40). The maximum atomic E-state index is 13.4. The number of carbonyl (C=O) groups excluding carboxylic acids is 3. The molecule has 0 unspecified atom stereocenters. The largest absolute Gasteiger partial charge is 0.462 e. The van der Waals surface area contributed by atoms with Crippen molar-refractivity contribution in [1.29, 1.82) is 0 Å². The number of aromatic nitrogens is 1. The first-order valence-corrected chi connectivity index (χ1v) is 14.4. The summed E-state index contributed by atoms with van der Waals surface area (Å²) < 4.78 is 13.2. The van der Waals surface area contributed by atoms with Crippen molar-refractivity contribution >= 4 is 45.2 Å². The molecule has 0 saturated heterocycles. The summed E-state index contributed by atoms with van der Waals surface area (Å²) in [6, 6.07) is 35.4. The van der Waals surface area contributed by atoms with Crippen molar-refractivity contribution in [3.05, 3.63) is 138 Å². The number of hydrogen-bond acceptors (Lipinski definition) is 5. The van der Waals surface area contributed by atoms with Gasteiger partial charge in [-0.1, -0.05) is 72.8 Å². The molecule has 0 atom stereocenters. The molecule has 1 amide bonds. The van der Waals surface area contributed by atoms with Gasteiger partial charge in [0.25, 0.3) is 0 Å². The van der Waals surface area contributed by atoms with E-state index >= 15 is 0 Å². The van der Waals surface area contributed by atoms with Crippen LogP contribution in [0.3, 0.4) is 0 Å². The lowest BCUT2D eigenvalue weighted by atomic mass is 10.0. The van der Waals surface area contributed by atoms with E-state index in [0.29, 0.717) is 22.3 Å². The molecule has 5 aromatic carbocycles. The van der Waals surface area contributed by atoms with Crippen molar-refractivity contribution < 1.29 is 23.9 Å². The third kappa shape index (κ3) is 5.55. The lowest BCUT2D eigenvalue weighted by molar-refractivity contribution is -0.115. The molecule has 44 heavy (non-hydrogen) atoms. The molecule has 0 bridgehead atoms. The fraction of sp³-hybridized carbons (Fsp3) is 0.108. The Hall–Kier alpha value is -5.69. The van der Waals surface area contributed by atoms with Crippen molar-refractivity contribution in [2.24, 2.45) is 0 Å². The van der Waals surface area contributed by atoms with Crippen LogP contribution in [0.15, 0.2) is 115 Å². The molecule has 6 aromatic rings. The second-order valence-electron chi connectivity index (χ2n) is 10.3. The van der Waals surface area contributed by atoms with E-state index < -0.39 is 11.9 Å². The Labute approximate surface area is 254 Å². The van der Waals surface area contributed by atoms with E-state index in [1.807, 2.05) is 90.4 Å². The van der Waals surface area contributed by atoms with Crippen LogP contribution < -0.4 is 10.1 Å². The molecule has 1 aromatic heterocycles. The Morgan fingerprint density at radius 2 is 1.48 bits per heavy atom. The van der Waals surface area contributed by atoms with Gasteiger partial charge in [-0.15, -0.1) is 0 Å². The number of nitrogens with zero attached hydrogens (tertiary/aromatic N) is 1. The Morgan fingerprint density at radius 1 is 0.750 bits per heavy atom. The number of fused-ring (bicyclic) bond motifs is 2. The Kier molecular flexibility index (Phi) is 7.93. The minimum absolute atomic E-state index is 0.149. The highest BCUT2D eigenvalue weighted by Gasteiger charge is 2.23. The molecule has 0 radical (unpaired) electrons. The molecule has 0 aliphatic rings. The third-order valence-electron chi connectivity index (χ3n) is 7.53. The summed E-state index contributed by atoms with van der Waals surface area (Å²) in [6.45, 7) is 3.85. The molecule has 0 spiro atoms. The van der Waals surface area contributed by atoms with Crippen LogP contribution in [0, 0.1) is 6.92 Å².